The molecule has 2 aliphatic rings. The maximum atomic E-state index is 12.9. The normalized spacial score (nSPS) is 18.7. The van der Waals surface area contributed by atoms with Crippen molar-refractivity contribution in [2.45, 2.75) is 33.2 Å². The molecule has 0 saturated carbocycles. The monoisotopic (exact) mass is 415 g/mol. The topological polar surface area (TPSA) is 113 Å². The summed E-state index contributed by atoms with van der Waals surface area (Å²) >= 11 is 0. The van der Waals surface area contributed by atoms with Crippen LogP contribution in [-0.4, -0.2) is 76.7 Å². The summed E-state index contributed by atoms with van der Waals surface area (Å²) in [7, 11) is 0. The van der Waals surface area contributed by atoms with Crippen molar-refractivity contribution >= 4 is 28.8 Å². The van der Waals surface area contributed by atoms with Crippen LogP contribution in [0.25, 0.3) is 5.57 Å². The minimum atomic E-state index is -0.450. The van der Waals surface area contributed by atoms with Crippen LogP contribution in [0, 0.1) is 17.0 Å². The van der Waals surface area contributed by atoms with Crippen molar-refractivity contribution in [1.82, 2.24) is 14.7 Å². The molecule has 162 valence electrons. The average molecular weight is 415 g/mol. The first-order valence-corrected chi connectivity index (χ1v) is 10.2. The summed E-state index contributed by atoms with van der Waals surface area (Å²) in [6, 6.07) is 3.16. The van der Waals surface area contributed by atoms with Gasteiger partial charge in [-0.15, -0.1) is 0 Å². The molecule has 2 aliphatic heterocycles. The zero-order valence-electron chi connectivity index (χ0n) is 17.8. The van der Waals surface area contributed by atoms with Crippen LogP contribution in [0.2, 0.25) is 0 Å². The van der Waals surface area contributed by atoms with Crippen molar-refractivity contribution < 1.29 is 14.5 Å². The van der Waals surface area contributed by atoms with Gasteiger partial charge in [0.25, 0.3) is 5.69 Å². The molecule has 0 unspecified atom stereocenters. The molecule has 0 radical (unpaired) electrons. The molecule has 1 saturated heterocycles. The molecule has 3 rings (SSSR count). The number of nitrogens with zero attached hydrogens (tertiary/aromatic N) is 4. The van der Waals surface area contributed by atoms with Crippen LogP contribution in [0.3, 0.4) is 0 Å². The predicted molar refractivity (Wildman–Crippen MR) is 115 cm³/mol. The minimum Gasteiger partial charge on any atom is -0.393 e. The third-order valence-electron chi connectivity index (χ3n) is 6.11. The van der Waals surface area contributed by atoms with Crippen molar-refractivity contribution in [3.8, 4) is 0 Å². The Labute approximate surface area is 176 Å². The van der Waals surface area contributed by atoms with E-state index in [9.17, 15) is 19.7 Å². The largest absolute Gasteiger partial charge is 0.393 e. The highest BCUT2D eigenvalue weighted by Gasteiger charge is 2.30. The molecule has 2 heterocycles. The molecule has 2 N–H and O–H groups in total. The van der Waals surface area contributed by atoms with E-state index in [1.165, 1.54) is 6.07 Å². The number of anilines is 1. The molecule has 0 aliphatic carbocycles. The zero-order valence-corrected chi connectivity index (χ0v) is 17.8. The molecule has 0 spiro atoms. The summed E-state index contributed by atoms with van der Waals surface area (Å²) in [4.78, 5) is 40.9. The Morgan fingerprint density at radius 1 is 1.13 bits per heavy atom. The summed E-state index contributed by atoms with van der Waals surface area (Å²) in [6.07, 6.45) is 2.74. The van der Waals surface area contributed by atoms with Gasteiger partial charge in [0.05, 0.1) is 11.0 Å². The molecule has 9 heteroatoms. The van der Waals surface area contributed by atoms with E-state index in [-0.39, 0.29) is 29.2 Å². The van der Waals surface area contributed by atoms with E-state index in [4.69, 9.17) is 5.73 Å². The smallest absolute Gasteiger partial charge is 0.292 e. The second-order valence-corrected chi connectivity index (χ2v) is 7.96. The maximum absolute atomic E-state index is 12.9. The minimum absolute atomic E-state index is 0.0435. The van der Waals surface area contributed by atoms with Crippen LogP contribution >= 0.6 is 0 Å². The molecule has 9 nitrogen and oxygen atoms in total. The Morgan fingerprint density at radius 3 is 2.30 bits per heavy atom. The Balaban J connectivity index is 1.65. The molecule has 1 atom stereocenters. The van der Waals surface area contributed by atoms with Gasteiger partial charge in [-0.05, 0) is 43.0 Å². The summed E-state index contributed by atoms with van der Waals surface area (Å²) in [6.45, 7) is 8.81. The number of hydrogen-bond acceptors (Lipinski definition) is 6. The lowest BCUT2D eigenvalue weighted by atomic mass is 9.96. The van der Waals surface area contributed by atoms with E-state index in [1.54, 1.807) is 18.7 Å². The third-order valence-corrected chi connectivity index (χ3v) is 6.11. The lowest BCUT2D eigenvalue weighted by Crippen LogP contribution is -2.55. The number of nitrogens with two attached hydrogens (primary N) is 1. The highest BCUT2D eigenvalue weighted by atomic mass is 16.6. The van der Waals surface area contributed by atoms with E-state index in [0.717, 1.165) is 11.1 Å². The molecule has 1 aromatic carbocycles. The van der Waals surface area contributed by atoms with Crippen LogP contribution in [0.4, 0.5) is 11.4 Å². The van der Waals surface area contributed by atoms with Gasteiger partial charge in [0.15, 0.2) is 0 Å². The number of amides is 2. The van der Waals surface area contributed by atoms with Crippen molar-refractivity contribution in [2.24, 2.45) is 0 Å². The van der Waals surface area contributed by atoms with Gasteiger partial charge in [-0.25, -0.2) is 0 Å². The molecule has 30 heavy (non-hydrogen) atoms. The molecule has 0 bridgehead atoms. The van der Waals surface area contributed by atoms with Crippen LogP contribution in [0.1, 0.15) is 31.4 Å². The number of piperazine rings is 1. The number of nitro groups is 1. The lowest BCUT2D eigenvalue weighted by molar-refractivity contribution is -0.383. The van der Waals surface area contributed by atoms with Crippen LogP contribution in [0.5, 0.6) is 0 Å². The number of aryl methyl sites for hydroxylation is 1. The van der Waals surface area contributed by atoms with Gasteiger partial charge >= 0.3 is 0 Å². The summed E-state index contributed by atoms with van der Waals surface area (Å²) in [5.74, 6) is 0.121. The molecule has 2 amide bonds. The highest BCUT2D eigenvalue weighted by Crippen LogP contribution is 2.32. The van der Waals surface area contributed by atoms with Gasteiger partial charge < -0.3 is 15.5 Å². The maximum Gasteiger partial charge on any atom is 0.292 e. The lowest BCUT2D eigenvalue weighted by Gasteiger charge is -2.38. The highest BCUT2D eigenvalue weighted by molar-refractivity contribution is 5.82. The average Bonchev–Trinajstić information content (AvgIpc) is 2.74. The van der Waals surface area contributed by atoms with Crippen LogP contribution < -0.4 is 5.73 Å². The molecule has 0 aromatic heterocycles. The van der Waals surface area contributed by atoms with E-state index >= 15 is 0 Å². The van der Waals surface area contributed by atoms with Gasteiger partial charge in [-0.2, -0.15) is 0 Å². The van der Waals surface area contributed by atoms with Gasteiger partial charge in [0.2, 0.25) is 11.8 Å². The number of nitrogen functional groups attached to an aromatic ring is 1. The first-order valence-electron chi connectivity index (χ1n) is 10.2. The fourth-order valence-corrected chi connectivity index (χ4v) is 4.08. The van der Waals surface area contributed by atoms with Gasteiger partial charge in [-0.1, -0.05) is 6.08 Å². The molecule has 1 aromatic rings. The first-order chi connectivity index (χ1) is 14.2. The summed E-state index contributed by atoms with van der Waals surface area (Å²) in [5.41, 5.74) is 8.51. The Morgan fingerprint density at radius 2 is 1.77 bits per heavy atom. The van der Waals surface area contributed by atoms with E-state index < -0.39 is 4.92 Å². The summed E-state index contributed by atoms with van der Waals surface area (Å²) in [5, 5.41) is 11.3. The first kappa shape index (κ1) is 21.8. The van der Waals surface area contributed by atoms with E-state index in [1.807, 2.05) is 24.0 Å². The second kappa shape index (κ2) is 8.83. The number of carbonyl (C=O) groups is 2. The zero-order chi connectivity index (χ0) is 22.0. The molecular formula is C21H29N5O4. The number of benzene rings is 1. The van der Waals surface area contributed by atoms with E-state index in [2.05, 4.69) is 4.90 Å². The Hall–Kier alpha value is -2.94. The van der Waals surface area contributed by atoms with Crippen LogP contribution in [-0.2, 0) is 9.59 Å². The van der Waals surface area contributed by atoms with E-state index in [0.29, 0.717) is 51.3 Å². The van der Waals surface area contributed by atoms with Gasteiger partial charge in [0, 0.05) is 52.3 Å². The second-order valence-electron chi connectivity index (χ2n) is 7.96. The summed E-state index contributed by atoms with van der Waals surface area (Å²) < 4.78 is 0. The quantitative estimate of drug-likeness (QED) is 0.455. The Bertz CT molecular complexity index is 890. The standard InChI is InChI=1S/C21H29N5O4/c1-14-12-18(13-19(20(14)22)26(29)30)17-4-6-23(7-5-17)15(2)21(28)25-10-8-24(9-11-25)16(3)27/h4,12-13,15H,5-11,22H2,1-3H3/t15-/m1/s1. The molecule has 1 fully saturated rings. The Kier molecular flexibility index (Phi) is 6.40. The number of carbonyl (C=O) groups excluding carboxylic acids is 2. The van der Waals surface area contributed by atoms with Crippen LogP contribution in [0.15, 0.2) is 18.2 Å². The van der Waals surface area contributed by atoms with Crippen molar-refractivity contribution in [3.63, 3.8) is 0 Å². The number of hydrogen-bond donors (Lipinski definition) is 1. The third kappa shape index (κ3) is 4.46. The predicted octanol–water partition coefficient (Wildman–Crippen LogP) is 1.65. The van der Waals surface area contributed by atoms with Crippen molar-refractivity contribution in [2.75, 3.05) is 45.0 Å². The number of rotatable bonds is 4. The fraction of sp³-hybridized carbons (Fsp3) is 0.524. The fourth-order valence-electron chi connectivity index (χ4n) is 4.08. The van der Waals surface area contributed by atoms with Crippen molar-refractivity contribution in [1.29, 1.82) is 0 Å². The SMILES string of the molecule is CC(=O)N1CCN(C(=O)[C@@H](C)N2CC=C(c3cc(C)c(N)c([N+](=O)[O-])c3)CC2)CC1. The van der Waals surface area contributed by atoms with Crippen molar-refractivity contribution in [3.05, 3.63) is 39.4 Å². The van der Waals surface area contributed by atoms with Gasteiger partial charge in [-0.3, -0.25) is 24.6 Å². The number of nitro benzene ring substituents is 1. The van der Waals surface area contributed by atoms with Gasteiger partial charge in [0.1, 0.15) is 5.69 Å². The molecular weight excluding hydrogens is 386 g/mol.